The fourth-order valence-corrected chi connectivity index (χ4v) is 2.81. The molecule has 6 nitrogen and oxygen atoms in total. The third-order valence-corrected chi connectivity index (χ3v) is 3.93. The Hall–Kier alpha value is -2.21. The Bertz CT molecular complexity index is 721. The number of hydrogen-bond donors (Lipinski definition) is 1. The molecule has 0 amide bonds. The van der Waals surface area contributed by atoms with Gasteiger partial charge in [0, 0.05) is 18.7 Å². The van der Waals surface area contributed by atoms with Crippen molar-refractivity contribution in [1.82, 2.24) is 20.1 Å². The van der Waals surface area contributed by atoms with E-state index in [9.17, 15) is 4.79 Å². The maximum Gasteiger partial charge on any atom is 0.338 e. The highest BCUT2D eigenvalue weighted by atomic mass is 16.5. The van der Waals surface area contributed by atoms with Gasteiger partial charge in [0.1, 0.15) is 5.82 Å². The lowest BCUT2D eigenvalue weighted by Gasteiger charge is -2.17. The Labute approximate surface area is 129 Å². The van der Waals surface area contributed by atoms with Crippen molar-refractivity contribution < 1.29 is 9.53 Å². The Kier molecular flexibility index (Phi) is 3.94. The van der Waals surface area contributed by atoms with E-state index >= 15 is 0 Å². The monoisotopic (exact) mass is 300 g/mol. The standard InChI is InChI=1S/C16H20N4O2/c1-4-22-16(21)13-8-12(10(2)7-11(13)3)15-19-18-14-9-17-5-6-20(14)15/h7-8,17H,4-6,9H2,1-3H3. The summed E-state index contributed by atoms with van der Waals surface area (Å²) in [4.78, 5) is 12.1. The molecule has 1 aliphatic rings. The van der Waals surface area contributed by atoms with Crippen LogP contribution in [0.5, 0.6) is 0 Å². The third kappa shape index (κ3) is 2.50. The normalized spacial score (nSPS) is 13.8. The van der Waals surface area contributed by atoms with E-state index in [2.05, 4.69) is 20.1 Å². The summed E-state index contributed by atoms with van der Waals surface area (Å²) in [6.45, 7) is 8.58. The van der Waals surface area contributed by atoms with Crippen molar-refractivity contribution in [2.24, 2.45) is 0 Å². The maximum atomic E-state index is 12.1. The van der Waals surface area contributed by atoms with Crippen LogP contribution in [0.4, 0.5) is 0 Å². The minimum atomic E-state index is -0.290. The molecule has 0 fully saturated rings. The van der Waals surface area contributed by atoms with Gasteiger partial charge in [-0.25, -0.2) is 4.79 Å². The molecular formula is C16H20N4O2. The highest BCUT2D eigenvalue weighted by molar-refractivity contribution is 5.92. The highest BCUT2D eigenvalue weighted by Gasteiger charge is 2.20. The molecule has 116 valence electrons. The molecule has 2 heterocycles. The molecule has 1 aromatic heterocycles. The number of nitrogens with one attached hydrogen (secondary N) is 1. The number of esters is 1. The number of nitrogens with zero attached hydrogens (tertiary/aromatic N) is 3. The van der Waals surface area contributed by atoms with Gasteiger partial charge in [-0.3, -0.25) is 0 Å². The molecule has 1 aromatic carbocycles. The third-order valence-electron chi connectivity index (χ3n) is 3.93. The van der Waals surface area contributed by atoms with Crippen molar-refractivity contribution in [3.05, 3.63) is 34.6 Å². The van der Waals surface area contributed by atoms with Crippen LogP contribution in [0.1, 0.15) is 34.2 Å². The van der Waals surface area contributed by atoms with Crippen LogP contribution >= 0.6 is 0 Å². The molecule has 6 heteroatoms. The van der Waals surface area contributed by atoms with Gasteiger partial charge in [-0.1, -0.05) is 6.07 Å². The van der Waals surface area contributed by atoms with Crippen molar-refractivity contribution in [2.45, 2.75) is 33.9 Å². The summed E-state index contributed by atoms with van der Waals surface area (Å²) in [5, 5.41) is 11.8. The van der Waals surface area contributed by atoms with E-state index in [1.54, 1.807) is 0 Å². The predicted octanol–water partition coefficient (Wildman–Crippen LogP) is 1.84. The van der Waals surface area contributed by atoms with Crippen LogP contribution in [0.2, 0.25) is 0 Å². The van der Waals surface area contributed by atoms with E-state index in [1.807, 2.05) is 32.9 Å². The Morgan fingerprint density at radius 3 is 2.91 bits per heavy atom. The van der Waals surface area contributed by atoms with Crippen LogP contribution in [-0.4, -0.2) is 33.9 Å². The summed E-state index contributed by atoms with van der Waals surface area (Å²) in [6.07, 6.45) is 0. The number of carbonyl (C=O) groups excluding carboxylic acids is 1. The fourth-order valence-electron chi connectivity index (χ4n) is 2.81. The summed E-state index contributed by atoms with van der Waals surface area (Å²) >= 11 is 0. The minimum Gasteiger partial charge on any atom is -0.462 e. The number of rotatable bonds is 3. The molecule has 0 saturated carbocycles. The molecule has 0 atom stereocenters. The zero-order chi connectivity index (χ0) is 15.7. The number of ether oxygens (including phenoxy) is 1. The summed E-state index contributed by atoms with van der Waals surface area (Å²) in [6, 6.07) is 3.88. The van der Waals surface area contributed by atoms with E-state index in [0.717, 1.165) is 48.0 Å². The van der Waals surface area contributed by atoms with E-state index < -0.39 is 0 Å². The number of carbonyl (C=O) groups is 1. The second kappa shape index (κ2) is 5.88. The van der Waals surface area contributed by atoms with Crippen molar-refractivity contribution in [2.75, 3.05) is 13.2 Å². The number of aromatic nitrogens is 3. The van der Waals surface area contributed by atoms with Gasteiger partial charge in [0.2, 0.25) is 0 Å². The van der Waals surface area contributed by atoms with Crippen molar-refractivity contribution in [3.63, 3.8) is 0 Å². The first-order valence-electron chi connectivity index (χ1n) is 7.53. The lowest BCUT2D eigenvalue weighted by atomic mass is 9.99. The van der Waals surface area contributed by atoms with Gasteiger partial charge in [0.25, 0.3) is 0 Å². The second-order valence-electron chi connectivity index (χ2n) is 5.47. The van der Waals surface area contributed by atoms with Gasteiger partial charge in [0.15, 0.2) is 5.82 Å². The zero-order valence-electron chi connectivity index (χ0n) is 13.1. The van der Waals surface area contributed by atoms with Gasteiger partial charge in [-0.2, -0.15) is 0 Å². The maximum absolute atomic E-state index is 12.1. The SMILES string of the molecule is CCOC(=O)c1cc(-c2nnc3n2CCNC3)c(C)cc1C. The van der Waals surface area contributed by atoms with Crippen LogP contribution in [0.25, 0.3) is 11.4 Å². The molecule has 1 aliphatic heterocycles. The highest BCUT2D eigenvalue weighted by Crippen LogP contribution is 2.27. The average Bonchev–Trinajstić information content (AvgIpc) is 2.91. The van der Waals surface area contributed by atoms with Crippen LogP contribution in [0.15, 0.2) is 12.1 Å². The average molecular weight is 300 g/mol. The molecule has 3 rings (SSSR count). The van der Waals surface area contributed by atoms with E-state index in [1.165, 1.54) is 0 Å². The van der Waals surface area contributed by atoms with Gasteiger partial charge < -0.3 is 14.6 Å². The summed E-state index contributed by atoms with van der Waals surface area (Å²) in [5.74, 6) is 1.46. The van der Waals surface area contributed by atoms with Crippen LogP contribution in [0, 0.1) is 13.8 Å². The van der Waals surface area contributed by atoms with E-state index in [-0.39, 0.29) is 5.97 Å². The van der Waals surface area contributed by atoms with Crippen LogP contribution < -0.4 is 5.32 Å². The van der Waals surface area contributed by atoms with Crippen molar-refractivity contribution >= 4 is 5.97 Å². The minimum absolute atomic E-state index is 0.290. The molecule has 1 N–H and O–H groups in total. The van der Waals surface area contributed by atoms with Gasteiger partial charge in [-0.15, -0.1) is 10.2 Å². The molecule has 22 heavy (non-hydrogen) atoms. The largest absolute Gasteiger partial charge is 0.462 e. The second-order valence-corrected chi connectivity index (χ2v) is 5.47. The molecular weight excluding hydrogens is 280 g/mol. The Balaban J connectivity index is 2.09. The lowest BCUT2D eigenvalue weighted by Crippen LogP contribution is -2.28. The summed E-state index contributed by atoms with van der Waals surface area (Å²) in [5.41, 5.74) is 3.53. The first-order chi connectivity index (χ1) is 10.6. The fraction of sp³-hybridized carbons (Fsp3) is 0.438. The van der Waals surface area contributed by atoms with E-state index in [0.29, 0.717) is 12.2 Å². The van der Waals surface area contributed by atoms with Crippen molar-refractivity contribution in [3.8, 4) is 11.4 Å². The van der Waals surface area contributed by atoms with Crippen LogP contribution in [0.3, 0.4) is 0 Å². The first-order valence-corrected chi connectivity index (χ1v) is 7.53. The van der Waals surface area contributed by atoms with E-state index in [4.69, 9.17) is 4.74 Å². The van der Waals surface area contributed by atoms with Crippen molar-refractivity contribution in [1.29, 1.82) is 0 Å². The summed E-state index contributed by atoms with van der Waals surface area (Å²) in [7, 11) is 0. The smallest absolute Gasteiger partial charge is 0.338 e. The van der Waals surface area contributed by atoms with Gasteiger partial charge in [-0.05, 0) is 38.0 Å². The first kappa shape index (κ1) is 14.7. The van der Waals surface area contributed by atoms with Gasteiger partial charge in [0.05, 0.1) is 18.7 Å². The topological polar surface area (TPSA) is 69.0 Å². The molecule has 2 aromatic rings. The number of aryl methyl sites for hydroxylation is 2. The summed E-state index contributed by atoms with van der Waals surface area (Å²) < 4.78 is 7.26. The Morgan fingerprint density at radius 2 is 2.14 bits per heavy atom. The predicted molar refractivity (Wildman–Crippen MR) is 82.6 cm³/mol. The Morgan fingerprint density at radius 1 is 1.32 bits per heavy atom. The number of fused-ring (bicyclic) bond motifs is 1. The van der Waals surface area contributed by atoms with Gasteiger partial charge >= 0.3 is 5.97 Å². The quantitative estimate of drug-likeness (QED) is 0.876. The molecule has 0 radical (unpaired) electrons. The molecule has 0 unspecified atom stereocenters. The number of hydrogen-bond acceptors (Lipinski definition) is 5. The molecule has 0 aliphatic carbocycles. The number of benzene rings is 1. The van der Waals surface area contributed by atoms with Crippen LogP contribution in [-0.2, 0) is 17.8 Å². The zero-order valence-corrected chi connectivity index (χ0v) is 13.1. The lowest BCUT2D eigenvalue weighted by molar-refractivity contribution is 0.0525. The molecule has 0 saturated heterocycles. The molecule has 0 bridgehead atoms. The molecule has 0 spiro atoms.